The second kappa shape index (κ2) is 4.55. The van der Waals surface area contributed by atoms with E-state index >= 15 is 0 Å². The molecule has 0 unspecified atom stereocenters. The van der Waals surface area contributed by atoms with E-state index in [1.54, 1.807) is 6.33 Å². The Hall–Kier alpha value is -2.08. The number of hydrogen-bond donors (Lipinski definition) is 1. The van der Waals surface area contributed by atoms with Crippen molar-refractivity contribution in [1.82, 2.24) is 24.3 Å². The summed E-state index contributed by atoms with van der Waals surface area (Å²) in [6.45, 7) is 0.690. The summed E-state index contributed by atoms with van der Waals surface area (Å²) in [5.74, 6) is 1.39. The summed E-state index contributed by atoms with van der Waals surface area (Å²) >= 11 is 6.02. The second-order valence-electron chi connectivity index (χ2n) is 4.36. The smallest absolute Gasteiger partial charge is 0.201 e. The van der Waals surface area contributed by atoms with Crippen LogP contribution in [0.1, 0.15) is 5.82 Å². The number of hydrogen-bond acceptors (Lipinski definition) is 4. The number of benzene rings is 1. The third-order valence-corrected chi connectivity index (χ3v) is 3.34. The molecule has 0 bridgehead atoms. The fourth-order valence-corrected chi connectivity index (χ4v) is 2.26. The lowest BCUT2D eigenvalue weighted by Crippen LogP contribution is -2.08. The molecule has 0 aliphatic heterocycles. The van der Waals surface area contributed by atoms with Gasteiger partial charge in [0, 0.05) is 25.0 Å². The number of nitrogen functional groups attached to an aromatic ring is 1. The molecule has 0 aliphatic carbocycles. The highest BCUT2D eigenvalue weighted by molar-refractivity contribution is 6.31. The number of imidazole rings is 1. The number of aromatic nitrogens is 5. The molecule has 0 saturated carbocycles. The molecule has 0 aliphatic rings. The minimum Gasteiger partial charge on any atom is -0.369 e. The average molecular weight is 277 g/mol. The molecule has 19 heavy (non-hydrogen) atoms. The van der Waals surface area contributed by atoms with Gasteiger partial charge in [-0.25, -0.2) is 4.98 Å². The lowest BCUT2D eigenvalue weighted by Gasteiger charge is -2.06. The zero-order valence-electron chi connectivity index (χ0n) is 10.4. The van der Waals surface area contributed by atoms with E-state index in [0.29, 0.717) is 17.5 Å². The number of halogens is 1. The normalized spacial score (nSPS) is 11.3. The van der Waals surface area contributed by atoms with E-state index < -0.39 is 0 Å². The van der Waals surface area contributed by atoms with Gasteiger partial charge in [0.2, 0.25) is 5.95 Å². The van der Waals surface area contributed by atoms with Crippen molar-refractivity contribution in [3.05, 3.63) is 35.4 Å². The van der Waals surface area contributed by atoms with E-state index in [1.807, 2.05) is 34.4 Å². The van der Waals surface area contributed by atoms with Gasteiger partial charge in [0.1, 0.15) is 12.2 Å². The lowest BCUT2D eigenvalue weighted by molar-refractivity contribution is 0.668. The van der Waals surface area contributed by atoms with Crippen LogP contribution in [0.15, 0.2) is 24.5 Å². The van der Waals surface area contributed by atoms with Crippen molar-refractivity contribution in [2.45, 2.75) is 13.0 Å². The van der Waals surface area contributed by atoms with Crippen LogP contribution < -0.4 is 5.73 Å². The highest BCUT2D eigenvalue weighted by Crippen LogP contribution is 2.22. The second-order valence-corrected chi connectivity index (χ2v) is 4.80. The lowest BCUT2D eigenvalue weighted by atomic mass is 10.3. The van der Waals surface area contributed by atoms with Gasteiger partial charge in [0.05, 0.1) is 11.0 Å². The number of rotatable bonds is 3. The molecule has 0 spiro atoms. The van der Waals surface area contributed by atoms with Crippen LogP contribution in [0.3, 0.4) is 0 Å². The predicted molar refractivity (Wildman–Crippen MR) is 73.9 cm³/mol. The Labute approximate surface area is 114 Å². The molecule has 2 aromatic heterocycles. The maximum Gasteiger partial charge on any atom is 0.201 e. The molecular formula is C12H13ClN6. The number of anilines is 1. The minimum atomic E-state index is 0.486. The van der Waals surface area contributed by atoms with Crippen molar-refractivity contribution in [1.29, 1.82) is 0 Å². The molecule has 0 atom stereocenters. The maximum absolute atomic E-state index is 6.02. The van der Waals surface area contributed by atoms with E-state index in [9.17, 15) is 0 Å². The minimum absolute atomic E-state index is 0.486. The van der Waals surface area contributed by atoms with Crippen LogP contribution in [0.5, 0.6) is 0 Å². The SMILES string of the molecule is Cn1cnnc1CCn1c(N)nc2ccc(Cl)cc21. The van der Waals surface area contributed by atoms with E-state index in [1.165, 1.54) is 0 Å². The summed E-state index contributed by atoms with van der Waals surface area (Å²) in [7, 11) is 1.92. The molecule has 0 amide bonds. The quantitative estimate of drug-likeness (QED) is 0.789. The Balaban J connectivity index is 1.94. The van der Waals surface area contributed by atoms with Crippen LogP contribution in [-0.2, 0) is 20.0 Å². The van der Waals surface area contributed by atoms with Crippen molar-refractivity contribution in [3.8, 4) is 0 Å². The van der Waals surface area contributed by atoms with Gasteiger partial charge in [0.15, 0.2) is 0 Å². The first-order valence-electron chi connectivity index (χ1n) is 5.89. The molecule has 0 radical (unpaired) electrons. The molecule has 0 fully saturated rings. The molecule has 98 valence electrons. The van der Waals surface area contributed by atoms with Crippen molar-refractivity contribution >= 4 is 28.6 Å². The molecule has 1 aromatic carbocycles. The Morgan fingerprint density at radius 1 is 1.37 bits per heavy atom. The number of fused-ring (bicyclic) bond motifs is 1. The Kier molecular flexibility index (Phi) is 2.87. The summed E-state index contributed by atoms with van der Waals surface area (Å²) in [5, 5.41) is 8.58. The number of aryl methyl sites for hydroxylation is 3. The molecule has 3 rings (SSSR count). The number of nitrogens with two attached hydrogens (primary N) is 1. The molecule has 0 saturated heterocycles. The topological polar surface area (TPSA) is 74.5 Å². The third kappa shape index (κ3) is 2.15. The summed E-state index contributed by atoms with van der Waals surface area (Å²) < 4.78 is 3.83. The van der Waals surface area contributed by atoms with Gasteiger partial charge in [-0.2, -0.15) is 0 Å². The van der Waals surface area contributed by atoms with Gasteiger partial charge in [-0.05, 0) is 18.2 Å². The van der Waals surface area contributed by atoms with E-state index in [-0.39, 0.29) is 0 Å². The van der Waals surface area contributed by atoms with Gasteiger partial charge in [-0.1, -0.05) is 11.6 Å². The van der Waals surface area contributed by atoms with Gasteiger partial charge in [-0.3, -0.25) is 0 Å². The Morgan fingerprint density at radius 3 is 2.95 bits per heavy atom. The molecular weight excluding hydrogens is 264 g/mol. The Morgan fingerprint density at radius 2 is 2.21 bits per heavy atom. The van der Waals surface area contributed by atoms with Crippen LogP contribution >= 0.6 is 11.6 Å². The predicted octanol–water partition coefficient (Wildman–Crippen LogP) is 1.64. The van der Waals surface area contributed by atoms with Crippen molar-refractivity contribution in [2.24, 2.45) is 7.05 Å². The maximum atomic E-state index is 6.02. The van der Waals surface area contributed by atoms with Crippen LogP contribution in [-0.4, -0.2) is 24.3 Å². The molecule has 2 heterocycles. The van der Waals surface area contributed by atoms with Gasteiger partial charge >= 0.3 is 0 Å². The standard InChI is InChI=1S/C12H13ClN6/c1-18-7-15-17-11(18)4-5-19-10-6-8(13)2-3-9(10)16-12(19)14/h2-3,6-7H,4-5H2,1H3,(H2,14,16). The van der Waals surface area contributed by atoms with Crippen LogP contribution in [0.25, 0.3) is 11.0 Å². The fourth-order valence-electron chi connectivity index (χ4n) is 2.09. The molecule has 2 N–H and O–H groups in total. The van der Waals surface area contributed by atoms with Crippen LogP contribution in [0.4, 0.5) is 5.95 Å². The first-order chi connectivity index (χ1) is 9.15. The van der Waals surface area contributed by atoms with Gasteiger partial charge < -0.3 is 14.9 Å². The first-order valence-corrected chi connectivity index (χ1v) is 6.27. The number of nitrogens with zero attached hydrogens (tertiary/aromatic N) is 5. The van der Waals surface area contributed by atoms with E-state index in [4.69, 9.17) is 17.3 Å². The molecule has 6 nitrogen and oxygen atoms in total. The summed E-state index contributed by atoms with van der Waals surface area (Å²) in [4.78, 5) is 4.32. The zero-order chi connectivity index (χ0) is 13.4. The summed E-state index contributed by atoms with van der Waals surface area (Å²) in [6, 6.07) is 5.55. The van der Waals surface area contributed by atoms with E-state index in [0.717, 1.165) is 23.3 Å². The first kappa shape index (κ1) is 12.0. The highest BCUT2D eigenvalue weighted by Gasteiger charge is 2.10. The molecule has 7 heteroatoms. The zero-order valence-corrected chi connectivity index (χ0v) is 11.2. The Bertz CT molecular complexity index is 729. The van der Waals surface area contributed by atoms with E-state index in [2.05, 4.69) is 15.2 Å². The van der Waals surface area contributed by atoms with Crippen LogP contribution in [0, 0.1) is 0 Å². The van der Waals surface area contributed by atoms with Crippen molar-refractivity contribution < 1.29 is 0 Å². The van der Waals surface area contributed by atoms with Crippen LogP contribution in [0.2, 0.25) is 5.02 Å². The summed E-state index contributed by atoms with van der Waals surface area (Å²) in [6.07, 6.45) is 2.42. The highest BCUT2D eigenvalue weighted by atomic mass is 35.5. The monoisotopic (exact) mass is 276 g/mol. The fraction of sp³-hybridized carbons (Fsp3) is 0.250. The van der Waals surface area contributed by atoms with Crippen molar-refractivity contribution in [2.75, 3.05) is 5.73 Å². The van der Waals surface area contributed by atoms with Gasteiger partial charge in [0.25, 0.3) is 0 Å². The van der Waals surface area contributed by atoms with Gasteiger partial charge in [-0.15, -0.1) is 10.2 Å². The van der Waals surface area contributed by atoms with Crippen molar-refractivity contribution in [3.63, 3.8) is 0 Å². The third-order valence-electron chi connectivity index (χ3n) is 3.10. The molecule has 3 aromatic rings. The average Bonchev–Trinajstić information content (AvgIpc) is 2.90. The summed E-state index contributed by atoms with van der Waals surface area (Å²) in [5.41, 5.74) is 7.73. The largest absolute Gasteiger partial charge is 0.369 e.